The number of nitrogen functional groups attached to an aromatic ring is 1. The van der Waals surface area contributed by atoms with Gasteiger partial charge in [-0.15, -0.1) is 0 Å². The average Bonchev–Trinajstić information content (AvgIpc) is 3.28. The zero-order chi connectivity index (χ0) is 22.3. The summed E-state index contributed by atoms with van der Waals surface area (Å²) < 4.78 is 12.7. The summed E-state index contributed by atoms with van der Waals surface area (Å²) in [5.41, 5.74) is 7.59. The first kappa shape index (κ1) is 21.2. The Hall–Kier alpha value is -3.08. The van der Waals surface area contributed by atoms with Crippen molar-refractivity contribution in [2.45, 2.75) is 50.7 Å². The maximum absolute atomic E-state index is 12.7. The van der Waals surface area contributed by atoms with Gasteiger partial charge in [0.1, 0.15) is 36.8 Å². The van der Waals surface area contributed by atoms with Gasteiger partial charge in [0.25, 0.3) is 0 Å². The van der Waals surface area contributed by atoms with Crippen LogP contribution in [0.5, 0.6) is 0 Å². The van der Waals surface area contributed by atoms with Crippen LogP contribution in [0, 0.1) is 0 Å². The zero-order valence-corrected chi connectivity index (χ0v) is 17.5. The van der Waals surface area contributed by atoms with E-state index < -0.39 is 30.5 Å². The van der Waals surface area contributed by atoms with Crippen LogP contribution < -0.4 is 5.73 Å². The van der Waals surface area contributed by atoms with Gasteiger partial charge in [0.05, 0.1) is 11.9 Å². The smallest absolute Gasteiger partial charge is 0.338 e. The molecule has 10 heteroatoms. The van der Waals surface area contributed by atoms with E-state index in [9.17, 15) is 15.0 Å². The fourth-order valence-electron chi connectivity index (χ4n) is 3.70. The highest BCUT2D eigenvalue weighted by Crippen LogP contribution is 2.32. The van der Waals surface area contributed by atoms with Crippen LogP contribution >= 0.6 is 0 Å². The van der Waals surface area contributed by atoms with Crippen LogP contribution in [0.3, 0.4) is 0 Å². The van der Waals surface area contributed by atoms with Gasteiger partial charge in [-0.1, -0.05) is 39.0 Å². The highest BCUT2D eigenvalue weighted by atomic mass is 16.6. The molecule has 0 bridgehead atoms. The number of fused-ring (bicyclic) bond motifs is 1. The van der Waals surface area contributed by atoms with E-state index in [1.807, 2.05) is 32.9 Å². The fraction of sp³-hybridized carbons (Fsp3) is 0.429. The summed E-state index contributed by atoms with van der Waals surface area (Å²) in [6.07, 6.45) is -1.77. The van der Waals surface area contributed by atoms with Crippen molar-refractivity contribution in [3.8, 4) is 0 Å². The van der Waals surface area contributed by atoms with Crippen molar-refractivity contribution in [2.24, 2.45) is 0 Å². The molecule has 1 aliphatic rings. The number of anilines is 1. The first-order valence-corrected chi connectivity index (χ1v) is 9.89. The third-order valence-corrected chi connectivity index (χ3v) is 5.33. The van der Waals surface area contributed by atoms with E-state index in [1.165, 1.54) is 17.2 Å². The molecular weight excluding hydrogens is 402 g/mol. The number of nitrogens with two attached hydrogens (primary N) is 1. The molecular formula is C21H25N5O5. The number of aromatic nitrogens is 4. The lowest BCUT2D eigenvalue weighted by Gasteiger charge is -2.22. The van der Waals surface area contributed by atoms with Gasteiger partial charge in [0.15, 0.2) is 17.7 Å². The third-order valence-electron chi connectivity index (χ3n) is 5.33. The topological polar surface area (TPSA) is 146 Å². The Bertz CT molecular complexity index is 1110. The molecule has 3 aromatic rings. The molecule has 164 valence electrons. The second-order valence-corrected chi connectivity index (χ2v) is 8.52. The summed E-state index contributed by atoms with van der Waals surface area (Å²) in [7, 11) is 0. The third kappa shape index (κ3) is 3.85. The number of esters is 1. The van der Waals surface area contributed by atoms with E-state index >= 15 is 0 Å². The van der Waals surface area contributed by atoms with Crippen molar-refractivity contribution >= 4 is 23.0 Å². The van der Waals surface area contributed by atoms with Gasteiger partial charge in [-0.05, 0) is 17.0 Å². The second-order valence-electron chi connectivity index (χ2n) is 8.52. The summed E-state index contributed by atoms with van der Waals surface area (Å²) >= 11 is 0. The van der Waals surface area contributed by atoms with E-state index in [4.69, 9.17) is 15.2 Å². The first-order chi connectivity index (χ1) is 14.7. The normalized spacial score (nSPS) is 23.9. The predicted octanol–water partition coefficient (Wildman–Crippen LogP) is 1.18. The Morgan fingerprint density at radius 1 is 1.19 bits per heavy atom. The molecule has 0 amide bonds. The molecule has 4 rings (SSSR count). The van der Waals surface area contributed by atoms with Gasteiger partial charge in [-0.2, -0.15) is 0 Å². The minimum atomic E-state index is -1.28. The quantitative estimate of drug-likeness (QED) is 0.522. The molecule has 1 saturated heterocycles. The molecule has 1 fully saturated rings. The van der Waals surface area contributed by atoms with Crippen LogP contribution in [0.4, 0.5) is 5.82 Å². The van der Waals surface area contributed by atoms with Crippen molar-refractivity contribution in [1.82, 2.24) is 19.5 Å². The maximum Gasteiger partial charge on any atom is 0.338 e. The number of carbonyl (C=O) groups is 1. The molecule has 0 spiro atoms. The molecule has 4 N–H and O–H groups in total. The highest BCUT2D eigenvalue weighted by Gasteiger charge is 2.45. The van der Waals surface area contributed by atoms with Crippen molar-refractivity contribution in [1.29, 1.82) is 0 Å². The fourth-order valence-corrected chi connectivity index (χ4v) is 3.70. The Kier molecular flexibility index (Phi) is 5.38. The van der Waals surface area contributed by atoms with E-state index in [0.717, 1.165) is 5.56 Å². The molecule has 31 heavy (non-hydrogen) atoms. The molecule has 10 nitrogen and oxygen atoms in total. The standard InChI is InChI=1S/C21H25N5O5/c1-21(2,3)12-7-5-4-6-11(12)20(29)30-8-13-15(27)16(28)19(31-13)26-10-25-14-17(22)23-9-24-18(14)26/h4-7,9-10,13,15-16,19,27-28H,8H2,1-3H3,(H2,22,23,24)/t13-,15-,16-,19-/m1/s1. The SMILES string of the molecule is CC(C)(C)c1ccccc1C(=O)OC[C@H]1O[C@@H](n2cnc3c(N)ncnc32)[C@H](O)[C@@H]1O. The Morgan fingerprint density at radius 2 is 1.94 bits per heavy atom. The van der Waals surface area contributed by atoms with E-state index in [0.29, 0.717) is 16.7 Å². The number of benzene rings is 1. The lowest BCUT2D eigenvalue weighted by Crippen LogP contribution is -2.34. The van der Waals surface area contributed by atoms with Gasteiger partial charge in [-0.25, -0.2) is 19.7 Å². The minimum absolute atomic E-state index is 0.194. The summed E-state index contributed by atoms with van der Waals surface area (Å²) in [4.78, 5) is 24.9. The van der Waals surface area contributed by atoms with E-state index in [2.05, 4.69) is 15.0 Å². The van der Waals surface area contributed by atoms with Gasteiger partial charge >= 0.3 is 5.97 Å². The zero-order valence-electron chi connectivity index (χ0n) is 17.5. The van der Waals surface area contributed by atoms with Crippen LogP contribution in [-0.4, -0.2) is 60.6 Å². The Balaban J connectivity index is 1.50. The molecule has 4 atom stereocenters. The monoisotopic (exact) mass is 427 g/mol. The molecule has 1 aliphatic heterocycles. The van der Waals surface area contributed by atoms with Crippen molar-refractivity contribution in [3.05, 3.63) is 48.0 Å². The van der Waals surface area contributed by atoms with Gasteiger partial charge in [0.2, 0.25) is 0 Å². The largest absolute Gasteiger partial charge is 0.459 e. The molecule has 0 aliphatic carbocycles. The molecule has 3 heterocycles. The van der Waals surface area contributed by atoms with Gasteiger partial charge in [0, 0.05) is 0 Å². The number of aliphatic hydroxyl groups excluding tert-OH is 2. The number of imidazole rings is 1. The van der Waals surface area contributed by atoms with Crippen molar-refractivity contribution in [2.75, 3.05) is 12.3 Å². The Labute approximate surface area is 178 Å². The summed E-state index contributed by atoms with van der Waals surface area (Å²) in [5, 5.41) is 21.0. The van der Waals surface area contributed by atoms with Crippen LogP contribution in [0.1, 0.15) is 42.9 Å². The summed E-state index contributed by atoms with van der Waals surface area (Å²) in [6.45, 7) is 5.80. The van der Waals surface area contributed by atoms with Crippen LogP contribution in [0.2, 0.25) is 0 Å². The molecule has 1 aromatic carbocycles. The first-order valence-electron chi connectivity index (χ1n) is 9.89. The predicted molar refractivity (Wildman–Crippen MR) is 111 cm³/mol. The number of nitrogens with zero attached hydrogens (tertiary/aromatic N) is 4. The number of rotatable bonds is 4. The van der Waals surface area contributed by atoms with E-state index in [1.54, 1.807) is 12.1 Å². The number of hydrogen-bond donors (Lipinski definition) is 3. The number of carbonyl (C=O) groups excluding carboxylic acids is 1. The molecule has 0 radical (unpaired) electrons. The lowest BCUT2D eigenvalue weighted by molar-refractivity contribution is -0.0565. The van der Waals surface area contributed by atoms with Crippen LogP contribution in [-0.2, 0) is 14.9 Å². The molecule has 2 aromatic heterocycles. The maximum atomic E-state index is 12.7. The van der Waals surface area contributed by atoms with Gasteiger partial charge < -0.3 is 25.4 Å². The lowest BCUT2D eigenvalue weighted by atomic mass is 9.84. The highest BCUT2D eigenvalue weighted by molar-refractivity contribution is 5.91. The molecule has 0 unspecified atom stereocenters. The van der Waals surface area contributed by atoms with Crippen molar-refractivity contribution in [3.63, 3.8) is 0 Å². The summed E-state index contributed by atoms with van der Waals surface area (Å²) in [6, 6.07) is 7.22. The average molecular weight is 427 g/mol. The van der Waals surface area contributed by atoms with Crippen LogP contribution in [0.15, 0.2) is 36.9 Å². The Morgan fingerprint density at radius 3 is 2.68 bits per heavy atom. The van der Waals surface area contributed by atoms with Crippen LogP contribution in [0.25, 0.3) is 11.2 Å². The number of hydrogen-bond acceptors (Lipinski definition) is 9. The second kappa shape index (κ2) is 7.88. The molecule has 0 saturated carbocycles. The summed E-state index contributed by atoms with van der Waals surface area (Å²) in [5.74, 6) is -0.326. The minimum Gasteiger partial charge on any atom is -0.459 e. The van der Waals surface area contributed by atoms with E-state index in [-0.39, 0.29) is 17.8 Å². The number of ether oxygens (including phenoxy) is 2. The number of aliphatic hydroxyl groups is 2. The van der Waals surface area contributed by atoms with Crippen molar-refractivity contribution < 1.29 is 24.5 Å². The van der Waals surface area contributed by atoms with Gasteiger partial charge in [-0.3, -0.25) is 4.57 Å².